The van der Waals surface area contributed by atoms with E-state index in [1.54, 1.807) is 72.8 Å². The van der Waals surface area contributed by atoms with Crippen molar-refractivity contribution in [3.05, 3.63) is 83.9 Å². The number of rotatable bonds is 4. The highest BCUT2D eigenvalue weighted by atomic mass is 32.2. The molecule has 1 heterocycles. The highest BCUT2D eigenvalue weighted by molar-refractivity contribution is 7.93. The molecule has 0 aromatic heterocycles. The molecule has 1 aliphatic heterocycles. The van der Waals surface area contributed by atoms with Crippen LogP contribution in [-0.2, 0) is 20.0 Å². The number of nitrogens with zero attached hydrogens (tertiary/aromatic N) is 2. The summed E-state index contributed by atoms with van der Waals surface area (Å²) in [6, 6.07) is 20.2. The van der Waals surface area contributed by atoms with Crippen LogP contribution in [0.1, 0.15) is 24.0 Å². The van der Waals surface area contributed by atoms with Crippen LogP contribution in [0, 0.1) is 13.8 Å². The van der Waals surface area contributed by atoms with Crippen LogP contribution in [0.4, 0.5) is 11.4 Å². The van der Waals surface area contributed by atoms with Gasteiger partial charge in [0.25, 0.3) is 20.0 Å². The van der Waals surface area contributed by atoms with Gasteiger partial charge in [-0.3, -0.25) is 8.61 Å². The van der Waals surface area contributed by atoms with Gasteiger partial charge in [-0.15, -0.1) is 0 Å². The SMILES string of the molecule is Cc1ccc(S(=O)(=O)N2CCCCN(S(=O)(=O)c3ccc(C)cc3)c3ccccc32)cc1. The van der Waals surface area contributed by atoms with E-state index >= 15 is 0 Å². The zero-order valence-electron chi connectivity index (χ0n) is 18.1. The van der Waals surface area contributed by atoms with Crippen molar-refractivity contribution >= 4 is 31.4 Å². The zero-order valence-corrected chi connectivity index (χ0v) is 19.7. The lowest BCUT2D eigenvalue weighted by atomic mass is 10.2. The van der Waals surface area contributed by atoms with Crippen molar-refractivity contribution in [3.8, 4) is 0 Å². The standard InChI is InChI=1S/C24H26N2O4S2/c1-19-9-13-21(14-10-19)31(27,28)25-17-5-6-18-26(24-8-4-3-7-23(24)25)32(29,30)22-15-11-20(2)12-16-22/h3-4,7-16H,5-6,17-18H2,1-2H3. The van der Waals surface area contributed by atoms with Gasteiger partial charge in [0.2, 0.25) is 0 Å². The molecule has 1 aliphatic rings. The molecule has 168 valence electrons. The van der Waals surface area contributed by atoms with E-state index in [-0.39, 0.29) is 22.9 Å². The number of anilines is 2. The Labute approximate surface area is 190 Å². The average Bonchev–Trinajstić information content (AvgIpc) is 2.75. The van der Waals surface area contributed by atoms with Crippen LogP contribution >= 0.6 is 0 Å². The summed E-state index contributed by atoms with van der Waals surface area (Å²) in [4.78, 5) is 0.373. The van der Waals surface area contributed by atoms with Crippen molar-refractivity contribution in [2.24, 2.45) is 0 Å². The first-order chi connectivity index (χ1) is 15.2. The van der Waals surface area contributed by atoms with Crippen molar-refractivity contribution in [2.75, 3.05) is 21.7 Å². The lowest BCUT2D eigenvalue weighted by Gasteiger charge is -2.34. The monoisotopic (exact) mass is 470 g/mol. The Morgan fingerprint density at radius 2 is 0.906 bits per heavy atom. The number of fused-ring (bicyclic) bond motifs is 1. The smallest absolute Gasteiger partial charge is 0.264 e. The molecule has 3 aromatic rings. The molecule has 0 saturated carbocycles. The summed E-state index contributed by atoms with van der Waals surface area (Å²) in [5.41, 5.74) is 2.66. The number of hydrogen-bond acceptors (Lipinski definition) is 4. The van der Waals surface area contributed by atoms with Crippen molar-refractivity contribution in [3.63, 3.8) is 0 Å². The lowest BCUT2D eigenvalue weighted by molar-refractivity contribution is 0.579. The topological polar surface area (TPSA) is 74.8 Å². The van der Waals surface area contributed by atoms with Crippen LogP contribution in [0.15, 0.2) is 82.6 Å². The molecule has 4 rings (SSSR count). The molecule has 0 spiro atoms. The van der Waals surface area contributed by atoms with Crippen LogP contribution in [-0.4, -0.2) is 29.9 Å². The highest BCUT2D eigenvalue weighted by Gasteiger charge is 2.33. The third kappa shape index (κ3) is 4.12. The van der Waals surface area contributed by atoms with Gasteiger partial charge in [-0.25, -0.2) is 16.8 Å². The van der Waals surface area contributed by atoms with Gasteiger partial charge in [-0.2, -0.15) is 0 Å². The molecule has 0 N–H and O–H groups in total. The van der Waals surface area contributed by atoms with Crippen LogP contribution in [0.5, 0.6) is 0 Å². The van der Waals surface area contributed by atoms with Gasteiger partial charge in [0.1, 0.15) is 0 Å². The molecule has 3 aromatic carbocycles. The second-order valence-electron chi connectivity index (χ2n) is 7.98. The van der Waals surface area contributed by atoms with Crippen LogP contribution in [0.2, 0.25) is 0 Å². The molecular weight excluding hydrogens is 444 g/mol. The first-order valence-electron chi connectivity index (χ1n) is 10.5. The van der Waals surface area contributed by atoms with Crippen LogP contribution in [0.25, 0.3) is 0 Å². The number of hydrogen-bond donors (Lipinski definition) is 0. The van der Waals surface area contributed by atoms with Gasteiger partial charge in [0.15, 0.2) is 0 Å². The molecule has 0 amide bonds. The van der Waals surface area contributed by atoms with Crippen molar-refractivity contribution in [2.45, 2.75) is 36.5 Å². The second kappa shape index (κ2) is 8.60. The second-order valence-corrected chi connectivity index (χ2v) is 11.7. The predicted octanol–water partition coefficient (Wildman–Crippen LogP) is 4.49. The molecule has 0 aliphatic carbocycles. The molecule has 0 radical (unpaired) electrons. The molecule has 0 bridgehead atoms. The Kier molecular flexibility index (Phi) is 6.01. The number of para-hydroxylation sites is 2. The van der Waals surface area contributed by atoms with Crippen molar-refractivity contribution in [1.82, 2.24) is 0 Å². The van der Waals surface area contributed by atoms with E-state index in [0.717, 1.165) is 11.1 Å². The number of sulfonamides is 2. The van der Waals surface area contributed by atoms with Gasteiger partial charge in [-0.1, -0.05) is 47.5 Å². The van der Waals surface area contributed by atoms with Gasteiger partial charge in [0.05, 0.1) is 21.2 Å². The molecule has 0 saturated heterocycles. The fourth-order valence-electron chi connectivity index (χ4n) is 3.81. The van der Waals surface area contributed by atoms with Crippen LogP contribution < -0.4 is 8.61 Å². The third-order valence-corrected chi connectivity index (χ3v) is 9.26. The van der Waals surface area contributed by atoms with E-state index in [1.807, 2.05) is 13.8 Å². The zero-order chi connectivity index (χ0) is 22.9. The maximum absolute atomic E-state index is 13.5. The van der Waals surface area contributed by atoms with E-state index in [1.165, 1.54) is 8.61 Å². The van der Waals surface area contributed by atoms with E-state index in [4.69, 9.17) is 0 Å². The van der Waals surface area contributed by atoms with Gasteiger partial charge in [0, 0.05) is 13.1 Å². The van der Waals surface area contributed by atoms with Gasteiger partial charge < -0.3 is 0 Å². The predicted molar refractivity (Wildman–Crippen MR) is 127 cm³/mol. The summed E-state index contributed by atoms with van der Waals surface area (Å²) in [5.74, 6) is 0. The Bertz CT molecular complexity index is 1210. The normalized spacial score (nSPS) is 15.1. The van der Waals surface area contributed by atoms with Crippen LogP contribution in [0.3, 0.4) is 0 Å². The van der Waals surface area contributed by atoms with Crippen molar-refractivity contribution in [1.29, 1.82) is 0 Å². The molecule has 6 nitrogen and oxygen atoms in total. The molecular formula is C24H26N2O4S2. The summed E-state index contributed by atoms with van der Waals surface area (Å²) >= 11 is 0. The fourth-order valence-corrected chi connectivity index (χ4v) is 6.85. The maximum Gasteiger partial charge on any atom is 0.264 e. The summed E-state index contributed by atoms with van der Waals surface area (Å²) in [5, 5.41) is 0. The summed E-state index contributed by atoms with van der Waals surface area (Å²) in [7, 11) is -7.72. The minimum absolute atomic E-state index is 0.186. The fraction of sp³-hybridized carbons (Fsp3) is 0.250. The minimum Gasteiger partial charge on any atom is -0.264 e. The lowest BCUT2D eigenvalue weighted by Crippen LogP contribution is -2.39. The summed E-state index contributed by atoms with van der Waals surface area (Å²) in [6.45, 7) is 4.36. The largest absolute Gasteiger partial charge is 0.264 e. The molecule has 0 unspecified atom stereocenters. The number of aryl methyl sites for hydroxylation is 2. The highest BCUT2D eigenvalue weighted by Crippen LogP contribution is 2.37. The first-order valence-corrected chi connectivity index (χ1v) is 13.4. The Morgan fingerprint density at radius 3 is 1.25 bits per heavy atom. The quantitative estimate of drug-likeness (QED) is 0.563. The maximum atomic E-state index is 13.5. The van der Waals surface area contributed by atoms with E-state index in [2.05, 4.69) is 0 Å². The first kappa shape index (κ1) is 22.4. The minimum atomic E-state index is -3.86. The molecule has 8 heteroatoms. The molecule has 32 heavy (non-hydrogen) atoms. The van der Waals surface area contributed by atoms with Crippen molar-refractivity contribution < 1.29 is 16.8 Å². The molecule has 0 fully saturated rings. The van der Waals surface area contributed by atoms with Gasteiger partial charge in [-0.05, 0) is 63.1 Å². The van der Waals surface area contributed by atoms with E-state index < -0.39 is 20.0 Å². The van der Waals surface area contributed by atoms with E-state index in [9.17, 15) is 16.8 Å². The Morgan fingerprint density at radius 1 is 0.562 bits per heavy atom. The number of benzene rings is 3. The summed E-state index contributed by atoms with van der Waals surface area (Å²) < 4.78 is 56.9. The molecule has 0 atom stereocenters. The Hall–Kier alpha value is -2.84. The van der Waals surface area contributed by atoms with Gasteiger partial charge >= 0.3 is 0 Å². The Balaban J connectivity index is 1.84. The van der Waals surface area contributed by atoms with E-state index in [0.29, 0.717) is 24.2 Å². The average molecular weight is 471 g/mol. The summed E-state index contributed by atoms with van der Waals surface area (Å²) in [6.07, 6.45) is 1.08. The third-order valence-electron chi connectivity index (χ3n) is 5.61.